The highest BCUT2D eigenvalue weighted by Crippen LogP contribution is 2.59. The van der Waals surface area contributed by atoms with Gasteiger partial charge in [-0.2, -0.15) is 0 Å². The van der Waals surface area contributed by atoms with Crippen molar-refractivity contribution in [1.82, 2.24) is 0 Å². The van der Waals surface area contributed by atoms with Crippen molar-refractivity contribution in [2.75, 3.05) is 0 Å². The summed E-state index contributed by atoms with van der Waals surface area (Å²) in [6, 6.07) is 31.8. The van der Waals surface area contributed by atoms with Crippen molar-refractivity contribution >= 4 is 84.4 Å². The Balaban J connectivity index is 0.000000256. The van der Waals surface area contributed by atoms with Gasteiger partial charge in [-0.25, -0.2) is 0 Å². The number of aliphatic hydroxyl groups is 3. The Hall–Kier alpha value is -2.89. The first-order valence-corrected chi connectivity index (χ1v) is 41.4. The standard InChI is InChI=1S/2C20H28OSi.C11H14Si.C10H16O.S5/c2*1-14-17-11-16(21)12-20(17,2)13-18(22(3,4)5)19(14)15-9-7-6-8-10-15;1-12(2,3)10-9-11-7-5-4-6-8-11;1-4-5-6-7-10(11)8-9(2)3;1-3-5-4-2/h6-10,16,21H,11-13H2,1-5H3;6-10,16-17,21H,1,11-13H2,2-5H3;4-8H,1-3H3;10-11H,2,4,7-8H2,1,3H3;/t16-,20+;16-,17+,20+;;10-;/m00.0./s1. The van der Waals surface area contributed by atoms with Gasteiger partial charge < -0.3 is 15.3 Å². The van der Waals surface area contributed by atoms with Crippen molar-refractivity contribution in [2.24, 2.45) is 16.7 Å². The molecule has 0 aromatic heterocycles. The molecule has 0 amide bonds. The molecule has 2 fully saturated rings. The summed E-state index contributed by atoms with van der Waals surface area (Å²) in [5, 5.41) is 33.1. The molecule has 3 aromatic rings. The normalized spacial score (nSPS) is 22.6. The van der Waals surface area contributed by atoms with E-state index in [1.165, 1.54) is 65.6 Å². The first-order valence-electron chi connectivity index (χ1n) is 25.6. The van der Waals surface area contributed by atoms with Gasteiger partial charge in [0.15, 0.2) is 0 Å². The van der Waals surface area contributed by atoms with Crippen LogP contribution in [0.4, 0.5) is 0 Å². The third kappa shape index (κ3) is 19.7. The maximum Gasteiger partial charge on any atom is 0.129 e. The van der Waals surface area contributed by atoms with Crippen LogP contribution in [-0.2, 0) is 49.0 Å². The van der Waals surface area contributed by atoms with Crippen LogP contribution in [0.15, 0.2) is 137 Å². The van der Waals surface area contributed by atoms with Crippen LogP contribution in [0.2, 0.25) is 58.9 Å². The minimum atomic E-state index is -1.44. The first kappa shape index (κ1) is 63.4. The molecule has 0 unspecified atom stereocenters. The lowest BCUT2D eigenvalue weighted by atomic mass is 9.67. The van der Waals surface area contributed by atoms with Gasteiger partial charge in [0.05, 0.1) is 34.5 Å². The van der Waals surface area contributed by atoms with E-state index in [-0.39, 0.29) is 29.1 Å². The summed E-state index contributed by atoms with van der Waals surface area (Å²) in [6.45, 7) is 40.6. The lowest BCUT2D eigenvalue weighted by Gasteiger charge is -2.44. The fraction of sp³-hybridized carbons (Fsp3) is 0.475. The molecule has 7 rings (SSSR count). The Kier molecular flexibility index (Phi) is 25.4. The molecule has 0 heterocycles. The SMILES string of the molecule is C=C(C)C[C@@H](O)CC#CCC.C=C1C(c2ccccc2)=C([Si](C)(C)C)C[C@@]2(C)C[C@@H](O)C[C@H]12.CC1=C2C[C@H](O)C[C@]2(C)CC([Si](C)(C)C)=C1c1ccccc1.C[Si](C)(C)C#Cc1ccccc1.S=S=S=S=S. The molecule has 0 bridgehead atoms. The van der Waals surface area contributed by atoms with Crippen molar-refractivity contribution in [3.63, 3.8) is 0 Å². The number of aliphatic hydroxyl groups excluding tert-OH is 3. The van der Waals surface area contributed by atoms with E-state index in [2.05, 4.69) is 199 Å². The molecular formula is C61H86O3S5Si3. The van der Waals surface area contributed by atoms with Gasteiger partial charge in [-0.05, 0) is 121 Å². The Labute approximate surface area is 459 Å². The molecule has 390 valence electrons. The van der Waals surface area contributed by atoms with Crippen molar-refractivity contribution in [3.8, 4) is 23.3 Å². The summed E-state index contributed by atoms with van der Waals surface area (Å²) < 4.78 is 0. The van der Waals surface area contributed by atoms with Crippen molar-refractivity contribution in [3.05, 3.63) is 154 Å². The second-order valence-electron chi connectivity index (χ2n) is 23.6. The quantitative estimate of drug-likeness (QED) is 0.125. The van der Waals surface area contributed by atoms with Gasteiger partial charge in [0, 0.05) is 67.4 Å². The zero-order valence-electron chi connectivity index (χ0n) is 46.1. The molecule has 4 aliphatic carbocycles. The van der Waals surface area contributed by atoms with Crippen LogP contribution in [0.25, 0.3) is 11.1 Å². The monoisotopic (exact) mass is 1110 g/mol. The van der Waals surface area contributed by atoms with Gasteiger partial charge in [-0.15, -0.1) is 24.0 Å². The predicted molar refractivity (Wildman–Crippen MR) is 336 cm³/mol. The van der Waals surface area contributed by atoms with Gasteiger partial charge in [-0.3, -0.25) is 0 Å². The van der Waals surface area contributed by atoms with Crippen molar-refractivity contribution in [1.29, 1.82) is 0 Å². The highest BCUT2D eigenvalue weighted by Gasteiger charge is 2.50. The van der Waals surface area contributed by atoms with Crippen LogP contribution in [0.3, 0.4) is 0 Å². The first-order chi connectivity index (χ1) is 33.6. The second kappa shape index (κ2) is 28.9. The number of benzene rings is 3. The summed E-state index contributed by atoms with van der Waals surface area (Å²) in [5.74, 6) is 9.44. The molecule has 0 aliphatic heterocycles. The fourth-order valence-corrected chi connectivity index (χ4v) is 17.9. The summed E-state index contributed by atoms with van der Waals surface area (Å²) in [6.07, 6.45) is 7.30. The predicted octanol–water partition coefficient (Wildman–Crippen LogP) is 15.3. The number of hydrogen-bond donors (Lipinski definition) is 3. The Morgan fingerprint density at radius 1 is 0.750 bits per heavy atom. The average molecular weight is 1110 g/mol. The van der Waals surface area contributed by atoms with Gasteiger partial charge in [0.1, 0.15) is 8.07 Å². The molecule has 3 aromatic carbocycles. The third-order valence-electron chi connectivity index (χ3n) is 13.8. The Morgan fingerprint density at radius 2 is 1.25 bits per heavy atom. The van der Waals surface area contributed by atoms with E-state index in [9.17, 15) is 15.3 Å². The van der Waals surface area contributed by atoms with Gasteiger partial charge in [0.2, 0.25) is 0 Å². The summed E-state index contributed by atoms with van der Waals surface area (Å²) >= 11 is 8.89. The van der Waals surface area contributed by atoms with Crippen LogP contribution >= 0.6 is 0 Å². The van der Waals surface area contributed by atoms with E-state index < -0.39 is 24.2 Å². The van der Waals surface area contributed by atoms with Gasteiger partial charge in [0.25, 0.3) is 0 Å². The van der Waals surface area contributed by atoms with Crippen LogP contribution < -0.4 is 0 Å². The van der Waals surface area contributed by atoms with Crippen LogP contribution in [0.5, 0.6) is 0 Å². The van der Waals surface area contributed by atoms with E-state index in [0.29, 0.717) is 18.8 Å². The van der Waals surface area contributed by atoms with E-state index in [1.54, 1.807) is 10.4 Å². The largest absolute Gasteiger partial charge is 0.393 e. The zero-order valence-corrected chi connectivity index (χ0v) is 53.2. The lowest BCUT2D eigenvalue weighted by Crippen LogP contribution is -2.37. The second-order valence-corrected chi connectivity index (χ2v) is 43.9. The minimum Gasteiger partial charge on any atom is -0.393 e. The molecular weight excluding hydrogens is 1030 g/mol. The van der Waals surface area contributed by atoms with Gasteiger partial charge in [-0.1, -0.05) is 193 Å². The van der Waals surface area contributed by atoms with Crippen molar-refractivity contribution < 1.29 is 15.3 Å². The van der Waals surface area contributed by atoms with Gasteiger partial charge >= 0.3 is 0 Å². The highest BCUT2D eigenvalue weighted by molar-refractivity contribution is 8.59. The Bertz CT molecular complexity index is 2660. The van der Waals surface area contributed by atoms with Crippen LogP contribution in [0, 0.1) is 40.1 Å². The molecule has 0 radical (unpaired) electrons. The molecule has 6 atom stereocenters. The van der Waals surface area contributed by atoms with E-state index in [0.717, 1.165) is 56.1 Å². The smallest absolute Gasteiger partial charge is 0.129 e. The zero-order chi connectivity index (χ0) is 54.1. The number of rotatable bonds is 7. The van der Waals surface area contributed by atoms with E-state index >= 15 is 0 Å². The van der Waals surface area contributed by atoms with E-state index in [1.807, 2.05) is 44.2 Å². The van der Waals surface area contributed by atoms with Crippen molar-refractivity contribution in [2.45, 2.75) is 170 Å². The van der Waals surface area contributed by atoms with Crippen LogP contribution in [-0.4, -0.2) is 57.9 Å². The molecule has 4 aliphatic rings. The Morgan fingerprint density at radius 3 is 1.71 bits per heavy atom. The highest BCUT2D eigenvalue weighted by atomic mass is 33.3. The third-order valence-corrected chi connectivity index (χ3v) is 23.6. The maximum absolute atomic E-state index is 10.2. The minimum absolute atomic E-state index is 0.159. The summed E-state index contributed by atoms with van der Waals surface area (Å²) in [5.41, 5.74) is 15.6. The fourth-order valence-electron chi connectivity index (χ4n) is 10.6. The van der Waals surface area contributed by atoms with Crippen LogP contribution in [0.1, 0.15) is 109 Å². The molecule has 3 nitrogen and oxygen atoms in total. The number of hydrogen-bond acceptors (Lipinski definition) is 5. The molecule has 0 saturated heterocycles. The molecule has 3 N–H and O–H groups in total. The molecule has 11 heteroatoms. The molecule has 72 heavy (non-hydrogen) atoms. The average Bonchev–Trinajstić information content (AvgIpc) is 3.80. The molecule has 2 saturated carbocycles. The van der Waals surface area contributed by atoms with E-state index in [4.69, 9.17) is 0 Å². The summed E-state index contributed by atoms with van der Waals surface area (Å²) in [7, 11) is -0.0993. The number of allylic oxidation sites excluding steroid dienone is 6. The topological polar surface area (TPSA) is 60.7 Å². The maximum atomic E-state index is 10.2. The number of fused-ring (bicyclic) bond motifs is 2. The summed E-state index contributed by atoms with van der Waals surface area (Å²) in [4.78, 5) is 0. The lowest BCUT2D eigenvalue weighted by molar-refractivity contribution is 0.163. The molecule has 0 spiro atoms.